The Bertz CT molecular complexity index is 529. The summed E-state index contributed by atoms with van der Waals surface area (Å²) in [6.07, 6.45) is 1.19. The Morgan fingerprint density at radius 2 is 2.04 bits per heavy atom. The highest BCUT2D eigenvalue weighted by molar-refractivity contribution is 14.0. The minimum atomic E-state index is 0. The van der Waals surface area contributed by atoms with Crippen molar-refractivity contribution >= 4 is 41.3 Å². The second-order valence-corrected chi connectivity index (χ2v) is 8.04. The van der Waals surface area contributed by atoms with Crippen molar-refractivity contribution in [2.75, 3.05) is 39.4 Å². The van der Waals surface area contributed by atoms with Crippen molar-refractivity contribution in [3.63, 3.8) is 0 Å². The molecule has 2 rings (SSSR count). The van der Waals surface area contributed by atoms with E-state index in [1.54, 1.807) is 11.3 Å². The maximum absolute atomic E-state index is 5.51. The van der Waals surface area contributed by atoms with Gasteiger partial charge in [-0.1, -0.05) is 13.8 Å². The van der Waals surface area contributed by atoms with E-state index in [1.807, 2.05) is 0 Å². The van der Waals surface area contributed by atoms with Crippen LogP contribution in [0.2, 0.25) is 0 Å². The molecule has 1 fully saturated rings. The van der Waals surface area contributed by atoms with Gasteiger partial charge in [-0.05, 0) is 43.2 Å². The van der Waals surface area contributed by atoms with Crippen LogP contribution >= 0.6 is 35.3 Å². The van der Waals surface area contributed by atoms with Crippen molar-refractivity contribution in [2.45, 2.75) is 46.7 Å². The molecule has 1 atom stereocenters. The molecule has 0 amide bonds. The lowest BCUT2D eigenvalue weighted by atomic mass is 10.0. The van der Waals surface area contributed by atoms with Crippen molar-refractivity contribution in [3.05, 3.63) is 21.9 Å². The second kappa shape index (κ2) is 12.9. The third kappa shape index (κ3) is 8.10. The van der Waals surface area contributed by atoms with Crippen LogP contribution in [0.5, 0.6) is 0 Å². The van der Waals surface area contributed by atoms with Crippen molar-refractivity contribution in [3.8, 4) is 0 Å². The highest BCUT2D eigenvalue weighted by Crippen LogP contribution is 2.16. The molecule has 0 spiro atoms. The fourth-order valence-electron chi connectivity index (χ4n) is 3.12. The van der Waals surface area contributed by atoms with Gasteiger partial charge in [0.25, 0.3) is 0 Å². The highest BCUT2D eigenvalue weighted by Gasteiger charge is 2.22. The van der Waals surface area contributed by atoms with E-state index in [2.05, 4.69) is 54.7 Å². The third-order valence-electron chi connectivity index (χ3n) is 4.50. The number of nitrogens with zero attached hydrogens (tertiary/aromatic N) is 2. The summed E-state index contributed by atoms with van der Waals surface area (Å²) in [5.41, 5.74) is 1.33. The maximum Gasteiger partial charge on any atom is 0.191 e. The van der Waals surface area contributed by atoms with Gasteiger partial charge in [0.2, 0.25) is 0 Å². The smallest absolute Gasteiger partial charge is 0.191 e. The van der Waals surface area contributed by atoms with Gasteiger partial charge in [-0.25, -0.2) is 4.99 Å². The SMILES string of the molecule is CCNC(=NCc1sccc1C)NCC(CC(C)C)N1CCOCC1.I. The lowest BCUT2D eigenvalue weighted by Crippen LogP contribution is -2.51. The molecule has 1 saturated heterocycles. The number of hydrogen-bond donors (Lipinski definition) is 2. The average molecular weight is 494 g/mol. The van der Waals surface area contributed by atoms with Crippen LogP contribution in [0.1, 0.15) is 37.6 Å². The Hall–Kier alpha value is -0.380. The van der Waals surface area contributed by atoms with E-state index in [1.165, 1.54) is 16.9 Å². The zero-order chi connectivity index (χ0) is 18.1. The van der Waals surface area contributed by atoms with Gasteiger partial charge in [0.05, 0.1) is 19.8 Å². The monoisotopic (exact) mass is 494 g/mol. The molecule has 1 aliphatic rings. The number of rotatable bonds is 8. The fourth-order valence-corrected chi connectivity index (χ4v) is 3.95. The molecular formula is C19H35IN4OS. The molecule has 7 heteroatoms. The van der Waals surface area contributed by atoms with Crippen LogP contribution < -0.4 is 10.6 Å². The van der Waals surface area contributed by atoms with E-state index in [9.17, 15) is 0 Å². The molecule has 2 heterocycles. The quantitative estimate of drug-likeness (QED) is 0.330. The molecule has 1 unspecified atom stereocenters. The molecule has 0 radical (unpaired) electrons. The number of guanidine groups is 1. The summed E-state index contributed by atoms with van der Waals surface area (Å²) in [5, 5.41) is 9.08. The molecule has 1 aliphatic heterocycles. The molecule has 1 aromatic heterocycles. The van der Waals surface area contributed by atoms with Crippen molar-refractivity contribution in [1.29, 1.82) is 0 Å². The van der Waals surface area contributed by atoms with Gasteiger partial charge in [-0.15, -0.1) is 35.3 Å². The van der Waals surface area contributed by atoms with E-state index >= 15 is 0 Å². The Morgan fingerprint density at radius 3 is 2.62 bits per heavy atom. The second-order valence-electron chi connectivity index (χ2n) is 7.03. The van der Waals surface area contributed by atoms with Crippen LogP contribution in [0.3, 0.4) is 0 Å². The third-order valence-corrected chi connectivity index (χ3v) is 5.51. The van der Waals surface area contributed by atoms with Crippen LogP contribution in [0.25, 0.3) is 0 Å². The molecule has 1 aromatic rings. The van der Waals surface area contributed by atoms with E-state index in [0.29, 0.717) is 12.0 Å². The van der Waals surface area contributed by atoms with Crippen molar-refractivity contribution in [2.24, 2.45) is 10.9 Å². The first-order chi connectivity index (χ1) is 12.1. The number of ether oxygens (including phenoxy) is 1. The van der Waals surface area contributed by atoms with Gasteiger partial charge in [0.15, 0.2) is 5.96 Å². The molecule has 0 saturated carbocycles. The standard InChI is InChI=1S/C19H34N4OS.HI/c1-5-20-19(22-14-18-16(4)6-11-25-18)21-13-17(12-15(2)3)23-7-9-24-10-8-23;/h6,11,15,17H,5,7-10,12-14H2,1-4H3,(H2,20,21,22);1H. The van der Waals surface area contributed by atoms with Crippen molar-refractivity contribution in [1.82, 2.24) is 15.5 Å². The van der Waals surface area contributed by atoms with Crippen molar-refractivity contribution < 1.29 is 4.74 Å². The number of thiophene rings is 1. The first kappa shape index (κ1) is 23.7. The Kier molecular flexibility index (Phi) is 11.7. The topological polar surface area (TPSA) is 48.9 Å². The largest absolute Gasteiger partial charge is 0.379 e. The van der Waals surface area contributed by atoms with Gasteiger partial charge >= 0.3 is 0 Å². The molecule has 5 nitrogen and oxygen atoms in total. The molecule has 150 valence electrons. The molecule has 2 N–H and O–H groups in total. The molecule has 26 heavy (non-hydrogen) atoms. The number of morpholine rings is 1. The maximum atomic E-state index is 5.51. The van der Waals surface area contributed by atoms with Gasteiger partial charge in [0, 0.05) is 37.1 Å². The fraction of sp³-hybridized carbons (Fsp3) is 0.737. The average Bonchev–Trinajstić information content (AvgIpc) is 3.01. The first-order valence-corrected chi connectivity index (χ1v) is 10.3. The normalized spacial score (nSPS) is 17.0. The zero-order valence-electron chi connectivity index (χ0n) is 16.6. The first-order valence-electron chi connectivity index (χ1n) is 9.47. The van der Waals surface area contributed by atoms with Gasteiger partial charge in [-0.3, -0.25) is 4.90 Å². The summed E-state index contributed by atoms with van der Waals surface area (Å²) in [6, 6.07) is 2.68. The summed E-state index contributed by atoms with van der Waals surface area (Å²) < 4.78 is 5.51. The minimum absolute atomic E-state index is 0. The van der Waals surface area contributed by atoms with Gasteiger partial charge in [-0.2, -0.15) is 0 Å². The van der Waals surface area contributed by atoms with Crippen LogP contribution in [0, 0.1) is 12.8 Å². The van der Waals surface area contributed by atoms with E-state index in [0.717, 1.165) is 51.9 Å². The molecular weight excluding hydrogens is 459 g/mol. The Morgan fingerprint density at radius 1 is 1.31 bits per heavy atom. The molecule has 0 bridgehead atoms. The summed E-state index contributed by atoms with van der Waals surface area (Å²) in [6.45, 7) is 15.2. The zero-order valence-corrected chi connectivity index (χ0v) is 19.7. The van der Waals surface area contributed by atoms with Gasteiger partial charge in [0.1, 0.15) is 0 Å². The number of halogens is 1. The van der Waals surface area contributed by atoms with E-state index in [4.69, 9.17) is 9.73 Å². The van der Waals surface area contributed by atoms with Crippen LogP contribution in [0.15, 0.2) is 16.4 Å². The van der Waals surface area contributed by atoms with Crippen LogP contribution in [-0.2, 0) is 11.3 Å². The molecule has 0 aromatic carbocycles. The van der Waals surface area contributed by atoms with Crippen LogP contribution in [0.4, 0.5) is 0 Å². The summed E-state index contributed by atoms with van der Waals surface area (Å²) in [7, 11) is 0. The van der Waals surface area contributed by atoms with Gasteiger partial charge < -0.3 is 15.4 Å². The predicted octanol–water partition coefficient (Wildman–Crippen LogP) is 3.48. The highest BCUT2D eigenvalue weighted by atomic mass is 127. The van der Waals surface area contributed by atoms with Crippen LogP contribution in [-0.4, -0.2) is 56.3 Å². The minimum Gasteiger partial charge on any atom is -0.379 e. The summed E-state index contributed by atoms with van der Waals surface area (Å²) in [4.78, 5) is 8.67. The Balaban J connectivity index is 0.00000338. The number of nitrogens with one attached hydrogen (secondary N) is 2. The predicted molar refractivity (Wildman–Crippen MR) is 123 cm³/mol. The lowest BCUT2D eigenvalue weighted by molar-refractivity contribution is 0.0132. The van der Waals surface area contributed by atoms with E-state index in [-0.39, 0.29) is 24.0 Å². The van der Waals surface area contributed by atoms with E-state index < -0.39 is 0 Å². The number of aryl methyl sites for hydroxylation is 1. The Labute approximate surface area is 180 Å². The molecule has 0 aliphatic carbocycles. The summed E-state index contributed by atoms with van der Waals surface area (Å²) >= 11 is 1.78. The summed E-state index contributed by atoms with van der Waals surface area (Å²) in [5.74, 6) is 1.60. The number of aliphatic imine (C=N–C) groups is 1. The number of hydrogen-bond acceptors (Lipinski definition) is 4. The lowest BCUT2D eigenvalue weighted by Gasteiger charge is -2.35.